The molecule has 0 amide bonds. The van der Waals surface area contributed by atoms with E-state index in [2.05, 4.69) is 55.8 Å². The number of rotatable bonds is 2. The summed E-state index contributed by atoms with van der Waals surface area (Å²) in [5.41, 5.74) is 2.49. The summed E-state index contributed by atoms with van der Waals surface area (Å²) < 4.78 is 0. The Hall–Kier alpha value is -0.730. The fraction of sp³-hybridized carbons (Fsp3) is 0.600. The van der Waals surface area contributed by atoms with Crippen LogP contribution in [0.2, 0.25) is 5.02 Å². The molecule has 0 aromatic heterocycles. The minimum Gasteiger partial charge on any atom is -0.366 e. The number of nitrogens with zero attached hydrogens (tertiary/aromatic N) is 2. The highest BCUT2D eigenvalue weighted by molar-refractivity contribution is 6.31. The topological polar surface area (TPSA) is 6.48 Å². The van der Waals surface area contributed by atoms with Crippen LogP contribution in [0.3, 0.4) is 0 Å². The molecule has 0 N–H and O–H groups in total. The predicted octanol–water partition coefficient (Wildman–Crippen LogP) is 3.60. The molecule has 0 aliphatic carbocycles. The summed E-state index contributed by atoms with van der Waals surface area (Å²) in [5, 5.41) is 0.897. The van der Waals surface area contributed by atoms with Crippen LogP contribution in [0, 0.1) is 0 Å². The first-order valence-electron chi connectivity index (χ1n) is 6.73. The fourth-order valence-corrected chi connectivity index (χ4v) is 3.08. The molecule has 3 heteroatoms. The number of anilines is 1. The van der Waals surface area contributed by atoms with E-state index in [0.29, 0.717) is 12.0 Å². The number of piperazine rings is 1. The number of likely N-dealkylation sites (N-methyl/N-ethyl adjacent to an activating group) is 1. The molecular weight excluding hydrogens is 244 g/mol. The van der Waals surface area contributed by atoms with Crippen molar-refractivity contribution in [3.63, 3.8) is 0 Å². The van der Waals surface area contributed by atoms with Gasteiger partial charge in [0.2, 0.25) is 0 Å². The van der Waals surface area contributed by atoms with E-state index in [1.54, 1.807) is 0 Å². The van der Waals surface area contributed by atoms with Crippen molar-refractivity contribution in [1.82, 2.24) is 4.90 Å². The zero-order valence-corrected chi connectivity index (χ0v) is 12.5. The van der Waals surface area contributed by atoms with Gasteiger partial charge < -0.3 is 9.80 Å². The first-order chi connectivity index (χ1) is 8.49. The molecule has 1 atom stereocenters. The van der Waals surface area contributed by atoms with Crippen molar-refractivity contribution < 1.29 is 0 Å². The first-order valence-corrected chi connectivity index (χ1v) is 7.11. The van der Waals surface area contributed by atoms with Crippen LogP contribution in [0.15, 0.2) is 18.2 Å². The Morgan fingerprint density at radius 1 is 1.28 bits per heavy atom. The highest BCUT2D eigenvalue weighted by Crippen LogP contribution is 2.30. The zero-order chi connectivity index (χ0) is 13.3. The quantitative estimate of drug-likeness (QED) is 0.807. The first kappa shape index (κ1) is 13.7. The lowest BCUT2D eigenvalue weighted by Gasteiger charge is -2.40. The molecule has 1 saturated heterocycles. The average Bonchev–Trinajstić information content (AvgIpc) is 2.28. The summed E-state index contributed by atoms with van der Waals surface area (Å²) in [6, 6.07) is 7.06. The highest BCUT2D eigenvalue weighted by atomic mass is 35.5. The minimum atomic E-state index is 0.483. The second kappa shape index (κ2) is 5.50. The molecule has 1 fully saturated rings. The van der Waals surface area contributed by atoms with Crippen molar-refractivity contribution >= 4 is 17.3 Å². The van der Waals surface area contributed by atoms with Crippen LogP contribution in [0.1, 0.15) is 32.3 Å². The SMILES string of the molecule is CC(C)c1ccc(N2CCN(C)CC2C)cc1Cl. The second-order valence-electron chi connectivity index (χ2n) is 5.67. The normalized spacial score (nSPS) is 21.7. The molecule has 2 rings (SSSR count). The maximum absolute atomic E-state index is 6.38. The Kier molecular flexibility index (Phi) is 4.18. The molecule has 0 saturated carbocycles. The number of hydrogen-bond donors (Lipinski definition) is 0. The van der Waals surface area contributed by atoms with Crippen LogP contribution in [-0.4, -0.2) is 37.6 Å². The van der Waals surface area contributed by atoms with Gasteiger partial charge in [-0.1, -0.05) is 31.5 Å². The van der Waals surface area contributed by atoms with Gasteiger partial charge in [0.15, 0.2) is 0 Å². The van der Waals surface area contributed by atoms with E-state index in [1.807, 2.05) is 0 Å². The smallest absolute Gasteiger partial charge is 0.0461 e. The molecule has 1 heterocycles. The molecule has 1 unspecified atom stereocenters. The van der Waals surface area contributed by atoms with Gasteiger partial charge in [-0.05, 0) is 37.6 Å². The highest BCUT2D eigenvalue weighted by Gasteiger charge is 2.22. The third-order valence-electron chi connectivity index (χ3n) is 3.77. The van der Waals surface area contributed by atoms with Gasteiger partial charge >= 0.3 is 0 Å². The van der Waals surface area contributed by atoms with E-state index < -0.39 is 0 Å². The van der Waals surface area contributed by atoms with E-state index >= 15 is 0 Å². The summed E-state index contributed by atoms with van der Waals surface area (Å²) in [5.74, 6) is 0.483. The summed E-state index contributed by atoms with van der Waals surface area (Å²) in [6.07, 6.45) is 0. The predicted molar refractivity (Wildman–Crippen MR) is 79.8 cm³/mol. The molecule has 18 heavy (non-hydrogen) atoms. The molecule has 1 aromatic rings. The third-order valence-corrected chi connectivity index (χ3v) is 4.10. The summed E-state index contributed by atoms with van der Waals surface area (Å²) in [7, 11) is 2.18. The zero-order valence-electron chi connectivity index (χ0n) is 11.8. The van der Waals surface area contributed by atoms with Gasteiger partial charge in [-0.2, -0.15) is 0 Å². The number of hydrogen-bond acceptors (Lipinski definition) is 2. The van der Waals surface area contributed by atoms with Gasteiger partial charge in [-0.3, -0.25) is 0 Å². The molecule has 100 valence electrons. The third kappa shape index (κ3) is 2.81. The van der Waals surface area contributed by atoms with Crippen LogP contribution < -0.4 is 4.90 Å². The molecule has 0 radical (unpaired) electrons. The van der Waals surface area contributed by atoms with Gasteiger partial charge in [0, 0.05) is 36.4 Å². The Bertz CT molecular complexity index is 417. The molecule has 0 bridgehead atoms. The number of halogens is 1. The molecule has 0 spiro atoms. The molecule has 1 aliphatic rings. The lowest BCUT2D eigenvalue weighted by molar-refractivity contribution is 0.275. The summed E-state index contributed by atoms with van der Waals surface area (Å²) in [6.45, 7) is 9.95. The van der Waals surface area contributed by atoms with Crippen LogP contribution in [0.5, 0.6) is 0 Å². The Morgan fingerprint density at radius 2 is 2.00 bits per heavy atom. The molecular formula is C15H23ClN2. The maximum Gasteiger partial charge on any atom is 0.0461 e. The van der Waals surface area contributed by atoms with Crippen molar-refractivity contribution in [3.8, 4) is 0 Å². The summed E-state index contributed by atoms with van der Waals surface area (Å²) in [4.78, 5) is 4.83. The van der Waals surface area contributed by atoms with Crippen LogP contribution >= 0.6 is 11.6 Å². The average molecular weight is 267 g/mol. The Morgan fingerprint density at radius 3 is 2.56 bits per heavy atom. The Balaban J connectivity index is 2.21. The Labute approximate surface area is 116 Å². The minimum absolute atomic E-state index is 0.483. The molecule has 2 nitrogen and oxygen atoms in total. The fourth-order valence-electron chi connectivity index (χ4n) is 2.69. The van der Waals surface area contributed by atoms with Crippen molar-refractivity contribution in [2.75, 3.05) is 31.6 Å². The van der Waals surface area contributed by atoms with Gasteiger partial charge in [-0.25, -0.2) is 0 Å². The van der Waals surface area contributed by atoms with E-state index in [0.717, 1.165) is 24.7 Å². The van der Waals surface area contributed by atoms with Crippen LogP contribution in [-0.2, 0) is 0 Å². The van der Waals surface area contributed by atoms with E-state index in [1.165, 1.54) is 11.3 Å². The second-order valence-corrected chi connectivity index (χ2v) is 6.07. The summed E-state index contributed by atoms with van der Waals surface area (Å²) >= 11 is 6.38. The monoisotopic (exact) mass is 266 g/mol. The van der Waals surface area contributed by atoms with Crippen molar-refractivity contribution in [2.45, 2.75) is 32.7 Å². The van der Waals surface area contributed by atoms with E-state index in [9.17, 15) is 0 Å². The van der Waals surface area contributed by atoms with Gasteiger partial charge in [0.1, 0.15) is 0 Å². The van der Waals surface area contributed by atoms with Crippen LogP contribution in [0.4, 0.5) is 5.69 Å². The molecule has 1 aliphatic heterocycles. The van der Waals surface area contributed by atoms with Crippen molar-refractivity contribution in [1.29, 1.82) is 0 Å². The van der Waals surface area contributed by atoms with Gasteiger partial charge in [-0.15, -0.1) is 0 Å². The van der Waals surface area contributed by atoms with Gasteiger partial charge in [0.25, 0.3) is 0 Å². The van der Waals surface area contributed by atoms with Gasteiger partial charge in [0.05, 0.1) is 0 Å². The van der Waals surface area contributed by atoms with Crippen molar-refractivity contribution in [2.24, 2.45) is 0 Å². The standard InChI is InChI=1S/C15H23ClN2/c1-11(2)14-6-5-13(9-15(14)16)18-8-7-17(4)10-12(18)3/h5-6,9,11-12H,7-8,10H2,1-4H3. The molecule has 1 aromatic carbocycles. The number of benzene rings is 1. The van der Waals surface area contributed by atoms with Crippen LogP contribution in [0.25, 0.3) is 0 Å². The lowest BCUT2D eigenvalue weighted by atomic mass is 10.0. The largest absolute Gasteiger partial charge is 0.366 e. The lowest BCUT2D eigenvalue weighted by Crippen LogP contribution is -2.50. The van der Waals surface area contributed by atoms with E-state index in [4.69, 9.17) is 11.6 Å². The van der Waals surface area contributed by atoms with E-state index in [-0.39, 0.29) is 0 Å². The maximum atomic E-state index is 6.38. The van der Waals surface area contributed by atoms with Crippen molar-refractivity contribution in [3.05, 3.63) is 28.8 Å².